The summed E-state index contributed by atoms with van der Waals surface area (Å²) in [6.07, 6.45) is 7.38. The van der Waals surface area contributed by atoms with Crippen LogP contribution in [0.25, 0.3) is 0 Å². The van der Waals surface area contributed by atoms with E-state index >= 15 is 0 Å². The summed E-state index contributed by atoms with van der Waals surface area (Å²) in [5.41, 5.74) is 6.76. The van der Waals surface area contributed by atoms with Gasteiger partial charge < -0.3 is 10.6 Å². The fourth-order valence-electron chi connectivity index (χ4n) is 3.97. The van der Waals surface area contributed by atoms with E-state index < -0.39 is 9.84 Å². The molecular weight excluding hydrogens is 322 g/mol. The summed E-state index contributed by atoms with van der Waals surface area (Å²) < 4.78 is 25.7. The van der Waals surface area contributed by atoms with Crippen LogP contribution in [0.3, 0.4) is 0 Å². The minimum Gasteiger partial charge on any atom is -0.370 e. The van der Waals surface area contributed by atoms with Crippen LogP contribution in [0.5, 0.6) is 0 Å². The Kier molecular flexibility index (Phi) is 5.13. The highest BCUT2D eigenvalue weighted by atomic mass is 32.2. The first-order chi connectivity index (χ1) is 11.5. The molecule has 1 aliphatic carbocycles. The summed E-state index contributed by atoms with van der Waals surface area (Å²) in [6.45, 7) is 1.08. The number of nitrogens with two attached hydrogens (primary N) is 1. The van der Waals surface area contributed by atoms with Gasteiger partial charge in [0.25, 0.3) is 0 Å². The second kappa shape index (κ2) is 7.13. The summed E-state index contributed by atoms with van der Waals surface area (Å²) in [4.78, 5) is 2.17. The average molecular weight is 350 g/mol. The minimum atomic E-state index is -3.30. The molecule has 1 aromatic carbocycles. The fourth-order valence-corrected chi connectivity index (χ4v) is 5.70. The van der Waals surface area contributed by atoms with E-state index in [9.17, 15) is 8.42 Å². The number of piperidine rings is 1. The highest BCUT2D eigenvalue weighted by Gasteiger charge is 2.31. The van der Waals surface area contributed by atoms with Gasteiger partial charge in [-0.1, -0.05) is 31.4 Å². The highest BCUT2D eigenvalue weighted by Crippen LogP contribution is 2.33. The normalized spacial score (nSPS) is 20.9. The maximum absolute atomic E-state index is 12.8. The highest BCUT2D eigenvalue weighted by molar-refractivity contribution is 7.92. The van der Waals surface area contributed by atoms with Gasteiger partial charge in [-0.3, -0.25) is 5.41 Å². The number of hydrogen-bond acceptors (Lipinski definition) is 3. The number of guanidine groups is 1. The fraction of sp³-hybridized carbons (Fsp3) is 0.611. The number of sulfone groups is 1. The molecule has 1 saturated heterocycles. The van der Waals surface area contributed by atoms with Crippen molar-refractivity contribution in [3.8, 4) is 0 Å². The largest absolute Gasteiger partial charge is 0.370 e. The van der Waals surface area contributed by atoms with Gasteiger partial charge in [-0.05, 0) is 49.3 Å². The number of hydrogen-bond donors (Lipinski definition) is 2. The smallest absolute Gasteiger partial charge is 0.188 e. The second-order valence-corrected chi connectivity index (χ2v) is 9.25. The lowest BCUT2D eigenvalue weighted by atomic mass is 9.84. The molecule has 1 aromatic rings. The molecule has 5 nitrogen and oxygen atoms in total. The van der Waals surface area contributed by atoms with Crippen LogP contribution in [0.4, 0.5) is 0 Å². The van der Waals surface area contributed by atoms with E-state index in [2.05, 4.69) is 0 Å². The van der Waals surface area contributed by atoms with Crippen LogP contribution < -0.4 is 5.73 Å². The van der Waals surface area contributed by atoms with Crippen molar-refractivity contribution in [3.63, 3.8) is 0 Å². The Labute approximate surface area is 144 Å². The zero-order valence-electron chi connectivity index (χ0n) is 14.1. The van der Waals surface area contributed by atoms with Gasteiger partial charge in [0.1, 0.15) is 0 Å². The van der Waals surface area contributed by atoms with E-state index in [-0.39, 0.29) is 11.2 Å². The summed E-state index contributed by atoms with van der Waals surface area (Å²) in [6, 6.07) is 7.59. The quantitative estimate of drug-likeness (QED) is 0.649. The molecule has 0 atom stereocenters. The van der Waals surface area contributed by atoms with Crippen molar-refractivity contribution in [1.29, 1.82) is 5.41 Å². The van der Waals surface area contributed by atoms with Crippen molar-refractivity contribution in [2.24, 2.45) is 5.73 Å². The van der Waals surface area contributed by atoms with E-state index in [0.717, 1.165) is 0 Å². The van der Waals surface area contributed by atoms with Gasteiger partial charge >= 0.3 is 0 Å². The monoisotopic (exact) mass is 349 g/mol. The zero-order valence-corrected chi connectivity index (χ0v) is 14.9. The first-order valence-corrected chi connectivity index (χ1v) is 10.5. The number of benzene rings is 1. The molecule has 0 amide bonds. The van der Waals surface area contributed by atoms with Crippen molar-refractivity contribution in [3.05, 3.63) is 29.8 Å². The average Bonchev–Trinajstić information content (AvgIpc) is 2.62. The topological polar surface area (TPSA) is 87.2 Å². The van der Waals surface area contributed by atoms with Gasteiger partial charge in [0.05, 0.1) is 10.1 Å². The van der Waals surface area contributed by atoms with Crippen LogP contribution in [0.1, 0.15) is 56.4 Å². The van der Waals surface area contributed by atoms with E-state index in [4.69, 9.17) is 11.1 Å². The Balaban J connectivity index is 1.69. The molecule has 1 aliphatic heterocycles. The standard InChI is InChI=1S/C18H27N3O2S/c19-18(20)21-12-10-17(11-13-21)24(22,23)16-8-6-15(7-9-16)14-4-2-1-3-5-14/h6-9,14,17H,1-5,10-13H2,(H3,19,20). The lowest BCUT2D eigenvalue weighted by Crippen LogP contribution is -2.45. The third-order valence-corrected chi connectivity index (χ3v) is 7.79. The molecule has 0 aromatic heterocycles. The molecule has 1 heterocycles. The predicted molar refractivity (Wildman–Crippen MR) is 96.0 cm³/mol. The van der Waals surface area contributed by atoms with Crippen molar-refractivity contribution >= 4 is 15.8 Å². The van der Waals surface area contributed by atoms with Crippen LogP contribution in [0.15, 0.2) is 29.2 Å². The van der Waals surface area contributed by atoms with Crippen LogP contribution in [-0.4, -0.2) is 37.6 Å². The molecular formula is C18H27N3O2S. The zero-order chi connectivity index (χ0) is 17.2. The van der Waals surface area contributed by atoms with Crippen molar-refractivity contribution in [2.75, 3.05) is 13.1 Å². The molecule has 0 radical (unpaired) electrons. The Bertz CT molecular complexity index is 671. The lowest BCUT2D eigenvalue weighted by Gasteiger charge is -2.31. The molecule has 132 valence electrons. The SMILES string of the molecule is N=C(N)N1CCC(S(=O)(=O)c2ccc(C3CCCCC3)cc2)CC1. The third-order valence-electron chi connectivity index (χ3n) is 5.51. The van der Waals surface area contributed by atoms with E-state index in [1.807, 2.05) is 12.1 Å². The Morgan fingerprint density at radius 3 is 2.12 bits per heavy atom. The van der Waals surface area contributed by atoms with Crippen LogP contribution in [-0.2, 0) is 9.84 Å². The van der Waals surface area contributed by atoms with Crippen molar-refractivity contribution in [2.45, 2.75) is 61.0 Å². The molecule has 3 N–H and O–H groups in total. The molecule has 3 rings (SSSR count). The summed E-state index contributed by atoms with van der Waals surface area (Å²) in [5.74, 6) is 0.622. The van der Waals surface area contributed by atoms with E-state index in [0.29, 0.717) is 36.7 Å². The first kappa shape index (κ1) is 17.3. The Hall–Kier alpha value is -1.56. The molecule has 6 heteroatoms. The molecule has 24 heavy (non-hydrogen) atoms. The second-order valence-electron chi connectivity index (χ2n) is 7.02. The van der Waals surface area contributed by atoms with E-state index in [1.165, 1.54) is 37.7 Å². The van der Waals surface area contributed by atoms with Crippen LogP contribution >= 0.6 is 0 Å². The van der Waals surface area contributed by atoms with E-state index in [1.54, 1.807) is 17.0 Å². The Morgan fingerprint density at radius 1 is 1.00 bits per heavy atom. The van der Waals surface area contributed by atoms with Gasteiger partial charge in [-0.25, -0.2) is 8.42 Å². The molecule has 0 unspecified atom stereocenters. The molecule has 0 spiro atoms. The van der Waals surface area contributed by atoms with Crippen molar-refractivity contribution in [1.82, 2.24) is 4.90 Å². The maximum atomic E-state index is 12.8. The van der Waals surface area contributed by atoms with Crippen LogP contribution in [0.2, 0.25) is 0 Å². The molecule has 2 fully saturated rings. The number of nitrogens with one attached hydrogen (secondary N) is 1. The lowest BCUT2D eigenvalue weighted by molar-refractivity contribution is 0.336. The Morgan fingerprint density at radius 2 is 1.58 bits per heavy atom. The van der Waals surface area contributed by atoms with Crippen molar-refractivity contribution < 1.29 is 8.42 Å². The van der Waals surface area contributed by atoms with Crippen LogP contribution in [0, 0.1) is 5.41 Å². The number of rotatable bonds is 3. The summed E-state index contributed by atoms with van der Waals surface area (Å²) in [7, 11) is -3.30. The van der Waals surface area contributed by atoms with Gasteiger partial charge in [0.15, 0.2) is 15.8 Å². The van der Waals surface area contributed by atoms with Gasteiger partial charge in [-0.2, -0.15) is 0 Å². The first-order valence-electron chi connectivity index (χ1n) is 8.91. The summed E-state index contributed by atoms with van der Waals surface area (Å²) in [5, 5.41) is 7.08. The summed E-state index contributed by atoms with van der Waals surface area (Å²) >= 11 is 0. The molecule has 2 aliphatic rings. The molecule has 0 bridgehead atoms. The van der Waals surface area contributed by atoms with Gasteiger partial charge in [-0.15, -0.1) is 0 Å². The predicted octanol–water partition coefficient (Wildman–Crippen LogP) is 2.87. The third kappa shape index (κ3) is 3.58. The number of nitrogens with zero attached hydrogens (tertiary/aromatic N) is 1. The van der Waals surface area contributed by atoms with Gasteiger partial charge in [0.2, 0.25) is 0 Å². The maximum Gasteiger partial charge on any atom is 0.188 e. The minimum absolute atomic E-state index is 0.0303. The van der Waals surface area contributed by atoms with Gasteiger partial charge in [0, 0.05) is 13.1 Å². The number of likely N-dealkylation sites (tertiary alicyclic amines) is 1. The molecule has 1 saturated carbocycles.